The highest BCUT2D eigenvalue weighted by Gasteiger charge is 2.33. The molecule has 3 nitrogen and oxygen atoms in total. The average molecular weight is 360 g/mol. The summed E-state index contributed by atoms with van der Waals surface area (Å²) in [7, 11) is 1.51. The third-order valence-electron chi connectivity index (χ3n) is 4.50. The molecule has 1 fully saturated rings. The van der Waals surface area contributed by atoms with Gasteiger partial charge in [0.25, 0.3) is 5.97 Å². The molecule has 0 amide bonds. The van der Waals surface area contributed by atoms with E-state index in [0.29, 0.717) is 5.92 Å². The maximum atomic E-state index is 12.0. The standard InChI is InChI=1S/C17H26BNO2.2ClH/c1-2-3-9-16(17(20)21-18)15-10-11-19(13-15)12-14-7-5-4-6-8-14;;/h4-8,15-16H,2-3,9-13,18H2,1H3;2*1H/t15-,16?;;/m0../s1. The highest BCUT2D eigenvalue weighted by Crippen LogP contribution is 2.29. The van der Waals surface area contributed by atoms with Crippen LogP contribution < -0.4 is 0 Å². The lowest BCUT2D eigenvalue weighted by Crippen LogP contribution is -2.28. The first-order valence-corrected chi connectivity index (χ1v) is 8.08. The zero-order valence-electron chi connectivity index (χ0n) is 14.1. The van der Waals surface area contributed by atoms with Crippen molar-refractivity contribution in [2.24, 2.45) is 11.8 Å². The van der Waals surface area contributed by atoms with E-state index in [4.69, 9.17) is 4.65 Å². The molecule has 1 aliphatic rings. The summed E-state index contributed by atoms with van der Waals surface area (Å²) >= 11 is 0. The van der Waals surface area contributed by atoms with Crippen LogP contribution in [-0.4, -0.2) is 32.0 Å². The number of hydrogen-bond donors (Lipinski definition) is 0. The van der Waals surface area contributed by atoms with Crippen LogP contribution in [0.4, 0.5) is 0 Å². The fourth-order valence-corrected chi connectivity index (χ4v) is 3.30. The van der Waals surface area contributed by atoms with Crippen LogP contribution in [0.3, 0.4) is 0 Å². The third-order valence-corrected chi connectivity index (χ3v) is 4.50. The van der Waals surface area contributed by atoms with Gasteiger partial charge in [0.2, 0.25) is 0 Å². The predicted octanol–water partition coefficient (Wildman–Crippen LogP) is 3.25. The minimum absolute atomic E-state index is 0. The number of nitrogens with zero attached hydrogens (tertiary/aromatic N) is 1. The highest BCUT2D eigenvalue weighted by atomic mass is 35.5. The van der Waals surface area contributed by atoms with Crippen molar-refractivity contribution in [1.29, 1.82) is 0 Å². The summed E-state index contributed by atoms with van der Waals surface area (Å²) in [5, 5.41) is 0. The maximum Gasteiger partial charge on any atom is 0.325 e. The van der Waals surface area contributed by atoms with E-state index in [1.165, 1.54) is 13.6 Å². The first-order valence-electron chi connectivity index (χ1n) is 8.08. The SMILES string of the molecule is BOC(=O)C(CCCC)[C@H]1CCN(Cc2ccccc2)C1.Cl.Cl. The molecule has 1 aromatic carbocycles. The van der Waals surface area contributed by atoms with E-state index in [2.05, 4.69) is 36.1 Å². The first-order chi connectivity index (χ1) is 10.2. The molecule has 0 saturated carbocycles. The minimum atomic E-state index is -0.0185. The van der Waals surface area contributed by atoms with Crippen LogP contribution in [0, 0.1) is 11.8 Å². The Hall–Kier alpha value is -0.705. The predicted molar refractivity (Wildman–Crippen MR) is 102 cm³/mol. The summed E-state index contributed by atoms with van der Waals surface area (Å²) in [5.41, 5.74) is 1.35. The second-order valence-electron chi connectivity index (χ2n) is 6.04. The summed E-state index contributed by atoms with van der Waals surface area (Å²) in [5.74, 6) is 0.512. The molecule has 0 aliphatic carbocycles. The van der Waals surface area contributed by atoms with E-state index >= 15 is 0 Å². The molecule has 130 valence electrons. The lowest BCUT2D eigenvalue weighted by molar-refractivity contribution is -0.140. The Morgan fingerprint density at radius 3 is 2.65 bits per heavy atom. The Balaban J connectivity index is 0.00000242. The van der Waals surface area contributed by atoms with E-state index in [9.17, 15) is 4.79 Å². The van der Waals surface area contributed by atoms with Crippen LogP contribution >= 0.6 is 24.8 Å². The van der Waals surface area contributed by atoms with Gasteiger partial charge in [-0.05, 0) is 30.9 Å². The maximum absolute atomic E-state index is 12.0. The number of likely N-dealkylation sites (tertiary alicyclic amines) is 1. The summed E-state index contributed by atoms with van der Waals surface area (Å²) in [6, 6.07) is 10.6. The van der Waals surface area contributed by atoms with Gasteiger partial charge >= 0.3 is 8.05 Å². The molecule has 23 heavy (non-hydrogen) atoms. The second-order valence-corrected chi connectivity index (χ2v) is 6.04. The lowest BCUT2D eigenvalue weighted by atomic mass is 9.87. The average Bonchev–Trinajstić information content (AvgIpc) is 2.96. The number of benzene rings is 1. The molecule has 0 radical (unpaired) electrons. The van der Waals surface area contributed by atoms with Gasteiger partial charge in [0, 0.05) is 13.1 Å². The van der Waals surface area contributed by atoms with Crippen molar-refractivity contribution < 1.29 is 9.45 Å². The molecule has 0 N–H and O–H groups in total. The van der Waals surface area contributed by atoms with Crippen LogP contribution in [0.5, 0.6) is 0 Å². The fourth-order valence-electron chi connectivity index (χ4n) is 3.30. The van der Waals surface area contributed by atoms with Gasteiger partial charge in [-0.15, -0.1) is 24.8 Å². The molecule has 0 spiro atoms. The molecule has 2 atom stereocenters. The number of unbranched alkanes of at least 4 members (excludes halogenated alkanes) is 1. The Morgan fingerprint density at radius 1 is 1.35 bits per heavy atom. The summed E-state index contributed by atoms with van der Waals surface area (Å²) < 4.78 is 5.02. The molecule has 1 saturated heterocycles. The van der Waals surface area contributed by atoms with Crippen molar-refractivity contribution in [3.05, 3.63) is 35.9 Å². The Bertz CT molecular complexity index is 447. The Kier molecular flexibility index (Phi) is 11.4. The van der Waals surface area contributed by atoms with Gasteiger partial charge in [-0.25, -0.2) is 0 Å². The van der Waals surface area contributed by atoms with Crippen LogP contribution in [-0.2, 0) is 16.0 Å². The minimum Gasteiger partial charge on any atom is -0.543 e. The van der Waals surface area contributed by atoms with Gasteiger partial charge in [-0.2, -0.15) is 0 Å². The topological polar surface area (TPSA) is 29.5 Å². The number of hydrogen-bond acceptors (Lipinski definition) is 3. The third kappa shape index (κ3) is 6.74. The van der Waals surface area contributed by atoms with Gasteiger partial charge in [0.05, 0.1) is 5.92 Å². The molecular formula is C17H28BCl2NO2. The molecular weight excluding hydrogens is 332 g/mol. The first kappa shape index (κ1) is 22.3. The Labute approximate surface area is 153 Å². The summed E-state index contributed by atoms with van der Waals surface area (Å²) in [6.07, 6.45) is 4.31. The van der Waals surface area contributed by atoms with E-state index < -0.39 is 0 Å². The second kappa shape index (κ2) is 11.8. The normalized spacial score (nSPS) is 18.6. The molecule has 2 rings (SSSR count). The van der Waals surface area contributed by atoms with Gasteiger partial charge in [0.1, 0.15) is 0 Å². The zero-order chi connectivity index (χ0) is 15.1. The van der Waals surface area contributed by atoms with E-state index in [1.807, 2.05) is 6.07 Å². The monoisotopic (exact) mass is 359 g/mol. The highest BCUT2D eigenvalue weighted by molar-refractivity contribution is 6.05. The van der Waals surface area contributed by atoms with E-state index in [0.717, 1.165) is 45.3 Å². The summed E-state index contributed by atoms with van der Waals surface area (Å²) in [4.78, 5) is 14.5. The number of carbonyl (C=O) groups excluding carboxylic acids is 1. The molecule has 0 aromatic heterocycles. The van der Waals surface area contributed by atoms with E-state index in [1.54, 1.807) is 0 Å². The van der Waals surface area contributed by atoms with Crippen molar-refractivity contribution in [3.63, 3.8) is 0 Å². The van der Waals surface area contributed by atoms with Crippen molar-refractivity contribution in [1.82, 2.24) is 4.90 Å². The van der Waals surface area contributed by atoms with Crippen LogP contribution in [0.15, 0.2) is 30.3 Å². The van der Waals surface area contributed by atoms with Crippen molar-refractivity contribution in [2.45, 2.75) is 39.2 Å². The van der Waals surface area contributed by atoms with Gasteiger partial charge < -0.3 is 4.65 Å². The zero-order valence-corrected chi connectivity index (χ0v) is 15.7. The number of carbonyl (C=O) groups is 1. The number of rotatable bonds is 7. The molecule has 1 unspecified atom stereocenters. The van der Waals surface area contributed by atoms with Gasteiger partial charge in [-0.3, -0.25) is 9.69 Å². The molecule has 0 bridgehead atoms. The lowest BCUT2D eigenvalue weighted by Gasteiger charge is -2.22. The summed E-state index contributed by atoms with van der Waals surface area (Å²) in [6.45, 7) is 5.25. The largest absolute Gasteiger partial charge is 0.543 e. The Morgan fingerprint density at radius 2 is 2.04 bits per heavy atom. The van der Waals surface area contributed by atoms with Crippen LogP contribution in [0.25, 0.3) is 0 Å². The van der Waals surface area contributed by atoms with E-state index in [-0.39, 0.29) is 36.7 Å². The fraction of sp³-hybridized carbons (Fsp3) is 0.588. The quantitative estimate of drug-likeness (QED) is 0.700. The van der Waals surface area contributed by atoms with Crippen LogP contribution in [0.2, 0.25) is 0 Å². The van der Waals surface area contributed by atoms with Crippen molar-refractivity contribution >= 4 is 38.8 Å². The molecule has 6 heteroatoms. The molecule has 1 aromatic rings. The van der Waals surface area contributed by atoms with Crippen molar-refractivity contribution in [3.8, 4) is 0 Å². The van der Waals surface area contributed by atoms with Gasteiger partial charge in [0.15, 0.2) is 0 Å². The molecule has 1 heterocycles. The van der Waals surface area contributed by atoms with Gasteiger partial charge in [-0.1, -0.05) is 50.1 Å². The smallest absolute Gasteiger partial charge is 0.325 e. The van der Waals surface area contributed by atoms with Crippen LogP contribution in [0.1, 0.15) is 38.2 Å². The number of halogens is 2. The van der Waals surface area contributed by atoms with Crippen molar-refractivity contribution in [2.75, 3.05) is 13.1 Å². The molecule has 1 aliphatic heterocycles.